The zero-order valence-corrected chi connectivity index (χ0v) is 31.3. The highest BCUT2D eigenvalue weighted by Crippen LogP contribution is 2.49. The van der Waals surface area contributed by atoms with E-state index in [0.717, 1.165) is 44.1 Å². The maximum atomic E-state index is 15.1. The Kier molecular flexibility index (Phi) is 12.0. The molecule has 52 heavy (non-hydrogen) atoms. The van der Waals surface area contributed by atoms with Crippen LogP contribution in [0.15, 0.2) is 42.9 Å². The van der Waals surface area contributed by atoms with Crippen molar-refractivity contribution in [3.05, 3.63) is 48.6 Å². The first-order valence-corrected chi connectivity index (χ1v) is 18.8. The van der Waals surface area contributed by atoms with Crippen molar-refractivity contribution in [1.82, 2.24) is 35.7 Å². The lowest BCUT2D eigenvalue weighted by molar-refractivity contribution is -0.187. The number of allylic oxidation sites excluding steroid dienone is 1. The Labute approximate surface area is 306 Å². The number of aromatic nitrogens is 2. The van der Waals surface area contributed by atoms with E-state index in [1.807, 2.05) is 40.7 Å². The van der Waals surface area contributed by atoms with E-state index in [2.05, 4.69) is 32.5 Å². The van der Waals surface area contributed by atoms with Gasteiger partial charge in [0.05, 0.1) is 17.8 Å². The Bertz CT molecular complexity index is 1570. The molecule has 2 aliphatic heterocycles. The van der Waals surface area contributed by atoms with E-state index < -0.39 is 58.6 Å². The molecule has 1 unspecified atom stereocenters. The molecule has 4 aliphatic rings. The maximum Gasteiger partial charge on any atom is 0.289 e. The number of β-lactam (4-membered cyclic amide) rings is 1. The van der Waals surface area contributed by atoms with Crippen LogP contribution in [0.25, 0.3) is 0 Å². The van der Waals surface area contributed by atoms with Gasteiger partial charge in [-0.25, -0.2) is 4.98 Å². The van der Waals surface area contributed by atoms with E-state index in [1.54, 1.807) is 9.80 Å². The van der Waals surface area contributed by atoms with E-state index >= 15 is 4.79 Å². The van der Waals surface area contributed by atoms with Gasteiger partial charge in [-0.05, 0) is 50.9 Å². The van der Waals surface area contributed by atoms with E-state index in [1.165, 1.54) is 24.7 Å². The lowest BCUT2D eigenvalue weighted by Gasteiger charge is -2.63. The molecule has 0 radical (unpaired) electrons. The second-order valence-corrected chi connectivity index (χ2v) is 16.3. The number of amides is 5. The molecule has 5 rings (SSSR count). The lowest BCUT2D eigenvalue weighted by atomic mass is 9.65. The molecule has 2 aliphatic carbocycles. The number of ketones is 1. The smallest absolute Gasteiger partial charge is 0.289 e. The summed E-state index contributed by atoms with van der Waals surface area (Å²) in [6.45, 7) is 13.6. The molecule has 3 N–H and O–H groups in total. The normalized spacial score (nSPS) is 23.8. The van der Waals surface area contributed by atoms with Crippen molar-refractivity contribution in [3.8, 4) is 0 Å². The minimum Gasteiger partial charge on any atom is -0.346 e. The highest BCUT2D eigenvalue weighted by atomic mass is 16.2. The number of Topliss-reactive ketones (excluding diaryl/α,β-unsaturated/α-hetero) is 1. The molecule has 1 aromatic rings. The number of carbonyl (C=O) groups is 6. The van der Waals surface area contributed by atoms with Gasteiger partial charge in [-0.3, -0.25) is 33.8 Å². The van der Waals surface area contributed by atoms with Gasteiger partial charge in [-0.15, -0.1) is 6.58 Å². The Hall–Kier alpha value is -4.42. The standard InChI is InChI=1S/C39H55N7O6/c1-7-17-42-35(50)30(47)27(22-25-12-11-13-25)43-34(49)29-26(21-24(2)3)14-20-45(29)37(52)32(38(4,5)6)46-36(51)31(39(46)15-9-8-10-16-39)44-33(48)28-23-40-18-19-41-28/h7,18-19,21,23,25-27,29,31-32H,1,8-17,20,22H2,2-6H3,(H,42,50)(H,43,49)(H,44,48)/t26-,27?,29+,31-,32-/m1/s1. The van der Waals surface area contributed by atoms with Gasteiger partial charge in [-0.2, -0.15) is 0 Å². The number of rotatable bonds is 13. The van der Waals surface area contributed by atoms with E-state index in [-0.39, 0.29) is 42.4 Å². The van der Waals surface area contributed by atoms with Crippen LogP contribution in [-0.2, 0) is 24.0 Å². The summed E-state index contributed by atoms with van der Waals surface area (Å²) in [5.74, 6) is -3.31. The average molecular weight is 718 g/mol. The van der Waals surface area contributed by atoms with Gasteiger partial charge >= 0.3 is 0 Å². The minimum atomic E-state index is -1.04. The van der Waals surface area contributed by atoms with Crippen molar-refractivity contribution in [3.63, 3.8) is 0 Å². The first-order valence-electron chi connectivity index (χ1n) is 18.8. The Morgan fingerprint density at radius 3 is 2.33 bits per heavy atom. The van der Waals surface area contributed by atoms with Crippen LogP contribution in [0.2, 0.25) is 0 Å². The molecule has 0 aromatic carbocycles. The minimum absolute atomic E-state index is 0.103. The Morgan fingerprint density at radius 2 is 1.75 bits per heavy atom. The molecule has 1 aromatic heterocycles. The molecule has 5 atom stereocenters. The van der Waals surface area contributed by atoms with Gasteiger partial charge in [0.15, 0.2) is 0 Å². The summed E-state index contributed by atoms with van der Waals surface area (Å²) in [5.41, 5.74) is -0.433. The molecule has 282 valence electrons. The molecule has 4 fully saturated rings. The van der Waals surface area contributed by atoms with Crippen LogP contribution in [0.4, 0.5) is 0 Å². The van der Waals surface area contributed by atoms with Gasteiger partial charge < -0.3 is 25.8 Å². The van der Waals surface area contributed by atoms with Gasteiger partial charge in [0.2, 0.25) is 23.5 Å². The molecular formula is C39H55N7O6. The summed E-state index contributed by atoms with van der Waals surface area (Å²) in [5, 5.41) is 8.37. The molecule has 13 nitrogen and oxygen atoms in total. The zero-order valence-electron chi connectivity index (χ0n) is 31.3. The number of likely N-dealkylation sites (tertiary alicyclic amines) is 2. The summed E-state index contributed by atoms with van der Waals surface area (Å²) in [6, 6.07) is -3.75. The van der Waals surface area contributed by atoms with E-state index in [9.17, 15) is 24.0 Å². The van der Waals surface area contributed by atoms with E-state index in [0.29, 0.717) is 25.7 Å². The average Bonchev–Trinajstić information content (AvgIpc) is 3.51. The largest absolute Gasteiger partial charge is 0.346 e. The molecular weight excluding hydrogens is 662 g/mol. The lowest BCUT2D eigenvalue weighted by Crippen LogP contribution is -2.83. The van der Waals surface area contributed by atoms with Crippen LogP contribution in [0, 0.1) is 17.3 Å². The highest BCUT2D eigenvalue weighted by molar-refractivity contribution is 6.38. The summed E-state index contributed by atoms with van der Waals surface area (Å²) in [4.78, 5) is 94.5. The van der Waals surface area contributed by atoms with E-state index in [4.69, 9.17) is 0 Å². The second kappa shape index (κ2) is 16.1. The van der Waals surface area contributed by atoms with Gasteiger partial charge in [-0.1, -0.05) is 77.0 Å². The predicted octanol–water partition coefficient (Wildman–Crippen LogP) is 3.26. The fraction of sp³-hybridized carbons (Fsp3) is 0.641. The van der Waals surface area contributed by atoms with Crippen molar-refractivity contribution >= 4 is 35.3 Å². The van der Waals surface area contributed by atoms with Crippen LogP contribution in [0.5, 0.6) is 0 Å². The molecule has 5 amide bonds. The number of nitrogens with zero attached hydrogens (tertiary/aromatic N) is 4. The number of hydrogen-bond donors (Lipinski definition) is 3. The number of nitrogens with one attached hydrogen (secondary N) is 3. The number of carbonyl (C=O) groups excluding carboxylic acids is 6. The molecule has 2 saturated carbocycles. The predicted molar refractivity (Wildman–Crippen MR) is 194 cm³/mol. The first kappa shape index (κ1) is 38.8. The van der Waals surface area contributed by atoms with Crippen LogP contribution in [0.1, 0.15) is 109 Å². The number of hydrogen-bond acceptors (Lipinski definition) is 8. The molecule has 3 heterocycles. The third-order valence-electron chi connectivity index (χ3n) is 11.2. The second-order valence-electron chi connectivity index (χ2n) is 16.3. The van der Waals surface area contributed by atoms with Gasteiger partial charge in [0.25, 0.3) is 11.8 Å². The molecule has 0 bridgehead atoms. The quantitative estimate of drug-likeness (QED) is 0.159. The van der Waals surface area contributed by atoms with Crippen molar-refractivity contribution in [1.29, 1.82) is 0 Å². The first-order chi connectivity index (χ1) is 24.7. The third kappa shape index (κ3) is 7.97. The van der Waals surface area contributed by atoms with Crippen LogP contribution in [-0.4, -0.2) is 97.9 Å². The van der Waals surface area contributed by atoms with Crippen LogP contribution < -0.4 is 16.0 Å². The third-order valence-corrected chi connectivity index (χ3v) is 11.2. The topological polar surface area (TPSA) is 171 Å². The fourth-order valence-electron chi connectivity index (χ4n) is 8.54. The molecule has 13 heteroatoms. The van der Waals surface area contributed by atoms with Crippen molar-refractivity contribution in [2.75, 3.05) is 13.1 Å². The van der Waals surface area contributed by atoms with Crippen LogP contribution in [0.3, 0.4) is 0 Å². The summed E-state index contributed by atoms with van der Waals surface area (Å²) in [6.07, 6.45) is 15.3. The SMILES string of the molecule is C=CCNC(=O)C(=O)C(CC1CCC1)NC(=O)[C@@H]1[C@@H](C=C(C)C)CCN1C(=O)[C@@H](N1C(=O)[C@@H](NC(=O)c2cnccn2)C12CCCCC2)C(C)(C)C. The Morgan fingerprint density at radius 1 is 1.04 bits per heavy atom. The zero-order chi connectivity index (χ0) is 37.8. The summed E-state index contributed by atoms with van der Waals surface area (Å²) < 4.78 is 0. The van der Waals surface area contributed by atoms with Crippen molar-refractivity contribution in [2.24, 2.45) is 17.3 Å². The highest BCUT2D eigenvalue weighted by Gasteiger charge is 2.65. The maximum absolute atomic E-state index is 15.1. The van der Waals surface area contributed by atoms with Crippen LogP contribution >= 0.6 is 0 Å². The summed E-state index contributed by atoms with van der Waals surface area (Å²) in [7, 11) is 0. The molecule has 1 spiro atoms. The fourth-order valence-corrected chi connectivity index (χ4v) is 8.54. The molecule has 2 saturated heterocycles. The summed E-state index contributed by atoms with van der Waals surface area (Å²) >= 11 is 0. The van der Waals surface area contributed by atoms with Crippen molar-refractivity contribution in [2.45, 2.75) is 129 Å². The van der Waals surface area contributed by atoms with Gasteiger partial charge in [0, 0.05) is 31.4 Å². The monoisotopic (exact) mass is 717 g/mol. The van der Waals surface area contributed by atoms with Gasteiger partial charge in [0.1, 0.15) is 23.8 Å². The Balaban J connectivity index is 1.45. The van der Waals surface area contributed by atoms with Crippen molar-refractivity contribution < 1.29 is 28.8 Å².